The molecule has 0 aromatic rings. The van der Waals surface area contributed by atoms with E-state index in [0.717, 1.165) is 74.7 Å². The third-order valence-electron chi connectivity index (χ3n) is 16.4. The average molecular weight is 639 g/mol. The molecule has 0 amide bonds. The van der Waals surface area contributed by atoms with Crippen LogP contribution in [0.25, 0.3) is 0 Å². The van der Waals surface area contributed by atoms with Gasteiger partial charge >= 0.3 is 11.9 Å². The van der Waals surface area contributed by atoms with Crippen molar-refractivity contribution in [2.75, 3.05) is 13.2 Å². The molecular weight excluding hydrogens is 576 g/mol. The van der Waals surface area contributed by atoms with Crippen LogP contribution in [0.15, 0.2) is 0 Å². The second-order valence-electron chi connectivity index (χ2n) is 19.3. The first-order valence-corrected chi connectivity index (χ1v) is 19.5. The molecule has 1 aliphatic heterocycles. The van der Waals surface area contributed by atoms with Crippen molar-refractivity contribution in [3.63, 3.8) is 0 Å². The van der Waals surface area contributed by atoms with Gasteiger partial charge in [-0.25, -0.2) is 0 Å². The highest BCUT2D eigenvalue weighted by atomic mass is 16.6. The Morgan fingerprint density at radius 3 is 2.17 bits per heavy atom. The second kappa shape index (κ2) is 10.7. The summed E-state index contributed by atoms with van der Waals surface area (Å²) in [6, 6.07) is 0. The Hall–Kier alpha value is -1.14. The van der Waals surface area contributed by atoms with Crippen LogP contribution in [0.2, 0.25) is 0 Å². The summed E-state index contributed by atoms with van der Waals surface area (Å²) in [6.07, 6.45) is 14.2. The molecule has 8 fully saturated rings. The van der Waals surface area contributed by atoms with Crippen LogP contribution >= 0.6 is 0 Å². The number of esters is 2. The van der Waals surface area contributed by atoms with E-state index < -0.39 is 10.8 Å². The van der Waals surface area contributed by atoms with E-state index in [1.807, 2.05) is 0 Å². The van der Waals surface area contributed by atoms with Crippen molar-refractivity contribution in [1.29, 1.82) is 0 Å². The number of ether oxygens (including phenoxy) is 4. The third-order valence-corrected chi connectivity index (χ3v) is 16.4. The van der Waals surface area contributed by atoms with Gasteiger partial charge in [0.1, 0.15) is 11.5 Å². The van der Waals surface area contributed by atoms with E-state index in [1.165, 1.54) is 38.5 Å². The van der Waals surface area contributed by atoms with Crippen molar-refractivity contribution in [2.24, 2.45) is 69.0 Å². The fourth-order valence-corrected chi connectivity index (χ4v) is 13.4. The first kappa shape index (κ1) is 32.1. The standard InChI is InChI=1S/C40H62O6/c1-23(2)18-37(7,24(3)4)34(41)46-31-26-15-30-32(31)45-33(25-11-10-12-25)39(30,19-26)35(42)43-13-8-9-14-44-36(5,6)38-20-28-16-27-17-29(21-38)40(27,28)22-38/h23-33H,8-22H2,1-7H3. The molecule has 8 rings (SSSR count). The van der Waals surface area contributed by atoms with Crippen molar-refractivity contribution in [3.8, 4) is 0 Å². The SMILES string of the molecule is CC(C)CC(C)(C(=O)OC1C2CC3C1OC(C1CCC1)C3(C(=O)OCCCCOC(C)(C)C13CC4CC5CC(C1)C54C3)C2)C(C)C. The molecule has 1 heterocycles. The molecule has 6 heteroatoms. The summed E-state index contributed by atoms with van der Waals surface area (Å²) in [4.78, 5) is 27.8. The molecule has 1 saturated heterocycles. The summed E-state index contributed by atoms with van der Waals surface area (Å²) in [5.41, 5.74) is -0.0652. The molecule has 7 aliphatic carbocycles. The molecule has 0 radical (unpaired) electrons. The summed E-state index contributed by atoms with van der Waals surface area (Å²) >= 11 is 0. The van der Waals surface area contributed by atoms with Gasteiger partial charge in [-0.15, -0.1) is 0 Å². The minimum atomic E-state index is -0.568. The Morgan fingerprint density at radius 1 is 0.891 bits per heavy atom. The van der Waals surface area contributed by atoms with Gasteiger partial charge in [0.25, 0.3) is 0 Å². The second-order valence-corrected chi connectivity index (χ2v) is 19.3. The van der Waals surface area contributed by atoms with Crippen molar-refractivity contribution in [3.05, 3.63) is 0 Å². The van der Waals surface area contributed by atoms with Crippen LogP contribution in [0.3, 0.4) is 0 Å². The number of carbonyl (C=O) groups excluding carboxylic acids is 2. The van der Waals surface area contributed by atoms with E-state index >= 15 is 0 Å². The van der Waals surface area contributed by atoms with Crippen LogP contribution in [0, 0.1) is 69.0 Å². The molecule has 7 saturated carbocycles. The zero-order chi connectivity index (χ0) is 32.4. The van der Waals surface area contributed by atoms with E-state index in [1.54, 1.807) is 0 Å². The van der Waals surface area contributed by atoms with Gasteiger partial charge in [0.15, 0.2) is 0 Å². The first-order chi connectivity index (χ1) is 21.8. The van der Waals surface area contributed by atoms with E-state index in [0.29, 0.717) is 23.9 Å². The quantitative estimate of drug-likeness (QED) is 0.141. The molecule has 4 bridgehead atoms. The van der Waals surface area contributed by atoms with Crippen molar-refractivity contribution in [2.45, 2.75) is 156 Å². The first-order valence-electron chi connectivity index (χ1n) is 19.5. The van der Waals surface area contributed by atoms with Crippen LogP contribution in [0.4, 0.5) is 0 Å². The lowest BCUT2D eigenvalue weighted by molar-refractivity contribution is -0.186. The van der Waals surface area contributed by atoms with Gasteiger partial charge in [0, 0.05) is 18.4 Å². The molecule has 46 heavy (non-hydrogen) atoms. The molecule has 0 aromatic heterocycles. The Bertz CT molecular complexity index is 1220. The zero-order valence-electron chi connectivity index (χ0n) is 29.9. The lowest BCUT2D eigenvalue weighted by Gasteiger charge is -2.66. The Labute approximate surface area is 278 Å². The van der Waals surface area contributed by atoms with Crippen LogP contribution < -0.4 is 0 Å². The molecule has 1 spiro atoms. The van der Waals surface area contributed by atoms with E-state index in [-0.39, 0.29) is 53.6 Å². The van der Waals surface area contributed by atoms with Crippen molar-refractivity contribution in [1.82, 2.24) is 0 Å². The van der Waals surface area contributed by atoms with Gasteiger partial charge in [-0.3, -0.25) is 9.59 Å². The maximum Gasteiger partial charge on any atom is 0.315 e. The summed E-state index contributed by atoms with van der Waals surface area (Å²) in [5, 5.41) is 0. The summed E-state index contributed by atoms with van der Waals surface area (Å²) in [7, 11) is 0. The van der Waals surface area contributed by atoms with Crippen molar-refractivity contribution >= 4 is 11.9 Å². The fraction of sp³-hybridized carbons (Fsp3) is 0.950. The van der Waals surface area contributed by atoms with E-state index in [2.05, 4.69) is 48.5 Å². The lowest BCUT2D eigenvalue weighted by Crippen LogP contribution is -2.60. The van der Waals surface area contributed by atoms with Gasteiger partial charge < -0.3 is 18.9 Å². The Kier molecular flexibility index (Phi) is 7.45. The fourth-order valence-electron chi connectivity index (χ4n) is 13.4. The Balaban J connectivity index is 0.861. The highest BCUT2D eigenvalue weighted by Crippen LogP contribution is 2.86. The molecule has 9 unspecified atom stereocenters. The van der Waals surface area contributed by atoms with Gasteiger partial charge in [-0.05, 0) is 144 Å². The molecule has 9 atom stereocenters. The monoisotopic (exact) mass is 638 g/mol. The smallest absolute Gasteiger partial charge is 0.315 e. The molecule has 0 aromatic carbocycles. The number of hydrogen-bond donors (Lipinski definition) is 0. The van der Waals surface area contributed by atoms with Crippen LogP contribution in [-0.2, 0) is 28.5 Å². The van der Waals surface area contributed by atoms with Gasteiger partial charge in [-0.1, -0.05) is 34.1 Å². The number of unbranched alkanes of at least 4 members (excludes halogenated alkanes) is 1. The van der Waals surface area contributed by atoms with E-state index in [9.17, 15) is 9.59 Å². The normalized spacial score (nSPS) is 45.8. The zero-order valence-corrected chi connectivity index (χ0v) is 29.9. The predicted molar refractivity (Wildman–Crippen MR) is 176 cm³/mol. The van der Waals surface area contributed by atoms with Gasteiger partial charge in [-0.2, -0.15) is 0 Å². The topological polar surface area (TPSA) is 71.1 Å². The molecular formula is C40H62O6. The summed E-state index contributed by atoms with van der Waals surface area (Å²) in [6.45, 7) is 16.6. The minimum absolute atomic E-state index is 0.0483. The summed E-state index contributed by atoms with van der Waals surface area (Å²) in [5.74, 6) is 4.14. The molecule has 258 valence electrons. The summed E-state index contributed by atoms with van der Waals surface area (Å²) < 4.78 is 26.1. The molecule has 8 aliphatic rings. The maximum atomic E-state index is 14.1. The number of hydrogen-bond acceptors (Lipinski definition) is 6. The highest BCUT2D eigenvalue weighted by Gasteiger charge is 2.79. The third kappa shape index (κ3) is 4.19. The van der Waals surface area contributed by atoms with Gasteiger partial charge in [0.2, 0.25) is 0 Å². The molecule has 0 N–H and O–H groups in total. The van der Waals surface area contributed by atoms with Crippen LogP contribution in [0.1, 0.15) is 132 Å². The van der Waals surface area contributed by atoms with Crippen LogP contribution in [-0.4, -0.2) is 49.1 Å². The average Bonchev–Trinajstić information content (AvgIpc) is 3.70. The minimum Gasteiger partial charge on any atom is -0.465 e. The number of carbonyl (C=O) groups is 2. The lowest BCUT2D eigenvalue weighted by atomic mass is 9.38. The molecule has 6 nitrogen and oxygen atoms in total. The predicted octanol–water partition coefficient (Wildman–Crippen LogP) is 8.15. The highest BCUT2D eigenvalue weighted by molar-refractivity contribution is 5.80. The number of rotatable bonds is 14. The van der Waals surface area contributed by atoms with Crippen LogP contribution in [0.5, 0.6) is 0 Å². The number of fused-ring (bicyclic) bond motifs is 2. The largest absolute Gasteiger partial charge is 0.465 e. The van der Waals surface area contributed by atoms with E-state index in [4.69, 9.17) is 18.9 Å². The maximum absolute atomic E-state index is 14.1. The Morgan fingerprint density at radius 2 is 1.59 bits per heavy atom. The van der Waals surface area contributed by atoms with Crippen molar-refractivity contribution < 1.29 is 28.5 Å². The van der Waals surface area contributed by atoms with Gasteiger partial charge in [0.05, 0.1) is 29.8 Å².